The summed E-state index contributed by atoms with van der Waals surface area (Å²) in [7, 11) is -1.82. The second-order valence-corrected chi connectivity index (χ2v) is 8.03. The molecule has 8 heteroatoms. The number of carbonyl (C=O) groups excluding carboxylic acids is 1. The van der Waals surface area contributed by atoms with Gasteiger partial charge in [-0.2, -0.15) is 0 Å². The number of sulfonamides is 1. The van der Waals surface area contributed by atoms with Crippen LogP contribution in [0.4, 0.5) is 5.69 Å². The average Bonchev–Trinajstić information content (AvgIpc) is 2.61. The summed E-state index contributed by atoms with van der Waals surface area (Å²) in [6.07, 6.45) is 0. The third kappa shape index (κ3) is 4.68. The van der Waals surface area contributed by atoms with Crippen LogP contribution in [0.2, 0.25) is 0 Å². The lowest BCUT2D eigenvalue weighted by molar-refractivity contribution is 0.0692. The number of carboxylic acid groups (broad SMARTS) is 1. The van der Waals surface area contributed by atoms with Gasteiger partial charge < -0.3 is 10.4 Å². The summed E-state index contributed by atoms with van der Waals surface area (Å²) in [5, 5.41) is 11.8. The maximum atomic E-state index is 12.4. The van der Waals surface area contributed by atoms with Gasteiger partial charge in [0.25, 0.3) is 5.91 Å². The van der Waals surface area contributed by atoms with Crippen molar-refractivity contribution < 1.29 is 23.1 Å². The number of carboxylic acids is 1. The average molecular weight is 376 g/mol. The van der Waals surface area contributed by atoms with Crippen LogP contribution in [-0.2, 0) is 16.6 Å². The second-order valence-electron chi connectivity index (χ2n) is 5.66. The largest absolute Gasteiger partial charge is 0.478 e. The summed E-state index contributed by atoms with van der Waals surface area (Å²) in [4.78, 5) is 23.6. The monoisotopic (exact) mass is 376 g/mol. The van der Waals surface area contributed by atoms with E-state index in [0.29, 0.717) is 11.3 Å². The van der Waals surface area contributed by atoms with Crippen molar-refractivity contribution in [2.75, 3.05) is 18.1 Å². The molecule has 1 amide bonds. The first-order chi connectivity index (χ1) is 12.2. The standard InChI is InChI=1S/C18H20N2O5S/c1-3-26(24,25)20(2)12-13-7-6-8-14(11-13)19-17(21)15-9-4-5-10-16(15)18(22)23/h4-11H,3,12H2,1-2H3,(H,19,21)(H,22,23). The van der Waals surface area contributed by atoms with Gasteiger partial charge in [0, 0.05) is 19.3 Å². The highest BCUT2D eigenvalue weighted by atomic mass is 32.2. The van der Waals surface area contributed by atoms with Crippen molar-refractivity contribution in [2.24, 2.45) is 0 Å². The van der Waals surface area contributed by atoms with Gasteiger partial charge in [0.1, 0.15) is 0 Å². The predicted octanol–water partition coefficient (Wildman–Crippen LogP) is 2.42. The van der Waals surface area contributed by atoms with Gasteiger partial charge in [-0.1, -0.05) is 24.3 Å². The molecule has 2 aromatic carbocycles. The predicted molar refractivity (Wildman–Crippen MR) is 98.7 cm³/mol. The molecule has 0 aliphatic carbocycles. The summed E-state index contributed by atoms with van der Waals surface area (Å²) in [6, 6.07) is 12.7. The molecule has 7 nitrogen and oxygen atoms in total. The number of amides is 1. The first-order valence-electron chi connectivity index (χ1n) is 7.91. The molecule has 0 heterocycles. The Kier molecular flexibility index (Phi) is 6.12. The van der Waals surface area contributed by atoms with Crippen molar-refractivity contribution in [1.29, 1.82) is 0 Å². The number of anilines is 1. The van der Waals surface area contributed by atoms with Gasteiger partial charge in [-0.25, -0.2) is 17.5 Å². The molecule has 26 heavy (non-hydrogen) atoms. The quantitative estimate of drug-likeness (QED) is 0.772. The van der Waals surface area contributed by atoms with Crippen LogP contribution in [0.15, 0.2) is 48.5 Å². The molecule has 0 aromatic heterocycles. The number of hydrogen-bond acceptors (Lipinski definition) is 4. The van der Waals surface area contributed by atoms with Crippen molar-refractivity contribution in [3.05, 3.63) is 65.2 Å². The molecule has 0 aliphatic rings. The summed E-state index contributed by atoms with van der Waals surface area (Å²) in [5.74, 6) is -1.73. The van der Waals surface area contributed by atoms with Crippen LogP contribution < -0.4 is 5.32 Å². The van der Waals surface area contributed by atoms with Crippen LogP contribution in [-0.4, -0.2) is 42.5 Å². The van der Waals surface area contributed by atoms with E-state index in [2.05, 4.69) is 5.32 Å². The van der Waals surface area contributed by atoms with Crippen LogP contribution in [0.3, 0.4) is 0 Å². The Morgan fingerprint density at radius 1 is 1.08 bits per heavy atom. The van der Waals surface area contributed by atoms with Gasteiger partial charge in [-0.15, -0.1) is 0 Å². The van der Waals surface area contributed by atoms with Gasteiger partial charge in [-0.3, -0.25) is 4.79 Å². The van der Waals surface area contributed by atoms with Crippen molar-refractivity contribution >= 4 is 27.6 Å². The molecule has 0 bridgehead atoms. The lowest BCUT2D eigenvalue weighted by Crippen LogP contribution is -2.27. The molecule has 0 atom stereocenters. The van der Waals surface area contributed by atoms with Crippen molar-refractivity contribution in [3.63, 3.8) is 0 Å². The molecule has 2 aromatic rings. The van der Waals surface area contributed by atoms with E-state index in [4.69, 9.17) is 0 Å². The fourth-order valence-corrected chi connectivity index (χ4v) is 3.18. The smallest absolute Gasteiger partial charge is 0.336 e. The van der Waals surface area contributed by atoms with Crippen molar-refractivity contribution in [2.45, 2.75) is 13.5 Å². The van der Waals surface area contributed by atoms with Crippen molar-refractivity contribution in [1.82, 2.24) is 4.31 Å². The molecular weight excluding hydrogens is 356 g/mol. The van der Waals surface area contributed by atoms with E-state index in [1.165, 1.54) is 23.5 Å². The summed E-state index contributed by atoms with van der Waals surface area (Å²) in [6.45, 7) is 1.74. The van der Waals surface area contributed by atoms with E-state index < -0.39 is 21.9 Å². The van der Waals surface area contributed by atoms with E-state index in [1.807, 2.05) is 0 Å². The first kappa shape index (κ1) is 19.6. The van der Waals surface area contributed by atoms with E-state index in [9.17, 15) is 23.1 Å². The van der Waals surface area contributed by atoms with Gasteiger partial charge in [0.05, 0.1) is 16.9 Å². The minimum atomic E-state index is -3.31. The third-order valence-corrected chi connectivity index (χ3v) is 5.64. The molecule has 0 aliphatic heterocycles. The molecule has 0 fully saturated rings. The summed E-state index contributed by atoms with van der Waals surface area (Å²) >= 11 is 0. The molecule has 2 N–H and O–H groups in total. The third-order valence-electron chi connectivity index (χ3n) is 3.83. The van der Waals surface area contributed by atoms with E-state index in [1.54, 1.807) is 43.3 Å². The molecule has 0 saturated carbocycles. The van der Waals surface area contributed by atoms with Gasteiger partial charge >= 0.3 is 5.97 Å². The van der Waals surface area contributed by atoms with E-state index in [-0.39, 0.29) is 23.4 Å². The van der Waals surface area contributed by atoms with Gasteiger partial charge in [-0.05, 0) is 36.8 Å². The fourth-order valence-electron chi connectivity index (χ4n) is 2.39. The SMILES string of the molecule is CCS(=O)(=O)N(C)Cc1cccc(NC(=O)c2ccccc2C(=O)O)c1. The highest BCUT2D eigenvalue weighted by Gasteiger charge is 2.17. The molecule has 138 valence electrons. The zero-order valence-corrected chi connectivity index (χ0v) is 15.3. The number of benzene rings is 2. The normalized spacial score (nSPS) is 11.3. The Hall–Kier alpha value is -2.71. The van der Waals surface area contributed by atoms with E-state index in [0.717, 1.165) is 0 Å². The van der Waals surface area contributed by atoms with Crippen LogP contribution in [0, 0.1) is 0 Å². The second kappa shape index (κ2) is 8.11. The van der Waals surface area contributed by atoms with Gasteiger partial charge in [0.2, 0.25) is 10.0 Å². The number of nitrogens with one attached hydrogen (secondary N) is 1. The van der Waals surface area contributed by atoms with E-state index >= 15 is 0 Å². The Labute approximate surface area is 152 Å². The molecule has 0 saturated heterocycles. The van der Waals surface area contributed by atoms with Crippen molar-refractivity contribution in [3.8, 4) is 0 Å². The minimum absolute atomic E-state index is 0.00585. The van der Waals surface area contributed by atoms with Gasteiger partial charge in [0.15, 0.2) is 0 Å². The highest BCUT2D eigenvalue weighted by Crippen LogP contribution is 2.16. The molecule has 0 unspecified atom stereocenters. The summed E-state index contributed by atoms with van der Waals surface area (Å²) < 4.78 is 25.0. The lowest BCUT2D eigenvalue weighted by Gasteiger charge is -2.16. The highest BCUT2D eigenvalue weighted by molar-refractivity contribution is 7.89. The number of aromatic carboxylic acids is 1. The Morgan fingerprint density at radius 3 is 2.35 bits per heavy atom. The van der Waals surface area contributed by atoms with Crippen LogP contribution in [0.25, 0.3) is 0 Å². The molecule has 0 spiro atoms. The molecular formula is C18H20N2O5S. The lowest BCUT2D eigenvalue weighted by atomic mass is 10.1. The van der Waals surface area contributed by atoms with Crippen LogP contribution >= 0.6 is 0 Å². The fraction of sp³-hybridized carbons (Fsp3) is 0.222. The zero-order valence-electron chi connectivity index (χ0n) is 14.5. The van der Waals surface area contributed by atoms with Crippen LogP contribution in [0.5, 0.6) is 0 Å². The number of nitrogens with zero attached hydrogens (tertiary/aromatic N) is 1. The van der Waals surface area contributed by atoms with Crippen LogP contribution in [0.1, 0.15) is 33.2 Å². The Bertz CT molecular complexity index is 925. The molecule has 0 radical (unpaired) electrons. The number of rotatable bonds is 7. The number of carbonyl (C=O) groups is 2. The molecule has 2 rings (SSSR count). The first-order valence-corrected chi connectivity index (χ1v) is 9.52. The zero-order chi connectivity index (χ0) is 19.3. The number of hydrogen-bond donors (Lipinski definition) is 2. The summed E-state index contributed by atoms with van der Waals surface area (Å²) in [5.41, 5.74) is 1.12. The Morgan fingerprint density at radius 2 is 1.73 bits per heavy atom. The Balaban J connectivity index is 2.19. The maximum Gasteiger partial charge on any atom is 0.336 e. The maximum absolute atomic E-state index is 12.4. The minimum Gasteiger partial charge on any atom is -0.478 e. The topological polar surface area (TPSA) is 104 Å².